The maximum atomic E-state index is 11.7. The molecule has 6 heteroatoms. The molecule has 0 rings (SSSR count). The lowest BCUT2D eigenvalue weighted by molar-refractivity contribution is -0.145. The Labute approximate surface area is 113 Å². The SMILES string of the molecule is CC[C@H](C)C(NC(=O)OC(C)(C)C)C(=O)OCCl. The van der Waals surface area contributed by atoms with Crippen molar-refractivity contribution in [1.82, 2.24) is 5.32 Å². The van der Waals surface area contributed by atoms with Crippen molar-refractivity contribution in [3.63, 3.8) is 0 Å². The fourth-order valence-electron chi connectivity index (χ4n) is 1.25. The largest absolute Gasteiger partial charge is 0.448 e. The summed E-state index contributed by atoms with van der Waals surface area (Å²) in [6, 6.07) is -0.981. The Morgan fingerprint density at radius 1 is 1.33 bits per heavy atom. The molecular formula is C12H22ClNO4. The molecule has 2 atom stereocenters. The van der Waals surface area contributed by atoms with Gasteiger partial charge in [0.2, 0.25) is 0 Å². The number of alkyl carbamates (subject to hydrolysis) is 1. The number of esters is 1. The van der Waals surface area contributed by atoms with Crippen LogP contribution in [0.5, 0.6) is 0 Å². The summed E-state index contributed by atoms with van der Waals surface area (Å²) in [5.41, 5.74) is -0.611. The highest BCUT2D eigenvalue weighted by atomic mass is 35.5. The first-order valence-corrected chi connectivity index (χ1v) is 6.46. The number of rotatable bonds is 5. The monoisotopic (exact) mass is 279 g/mol. The standard InChI is InChI=1S/C12H22ClNO4/c1-6-8(2)9(10(15)17-7-13)14-11(16)18-12(3,4)5/h8-9H,6-7H2,1-5H3,(H,14,16)/t8-,9?/m0/s1. The number of carbonyl (C=O) groups excluding carboxylic acids is 2. The van der Waals surface area contributed by atoms with Crippen LogP contribution in [-0.2, 0) is 14.3 Å². The average Bonchev–Trinajstić information content (AvgIpc) is 2.22. The fourth-order valence-corrected chi connectivity index (χ4v) is 1.35. The molecule has 0 aliphatic heterocycles. The van der Waals surface area contributed by atoms with Crippen LogP contribution in [0.4, 0.5) is 4.79 Å². The zero-order valence-electron chi connectivity index (χ0n) is 11.6. The minimum Gasteiger partial charge on any atom is -0.448 e. The first-order valence-electron chi connectivity index (χ1n) is 5.93. The van der Waals surface area contributed by atoms with E-state index in [1.807, 2.05) is 13.8 Å². The van der Waals surface area contributed by atoms with Gasteiger partial charge in [-0.05, 0) is 26.7 Å². The second kappa shape index (κ2) is 7.46. The van der Waals surface area contributed by atoms with Gasteiger partial charge in [0.25, 0.3) is 0 Å². The second-order valence-corrected chi connectivity index (χ2v) is 5.30. The van der Waals surface area contributed by atoms with Gasteiger partial charge in [0.1, 0.15) is 11.6 Å². The van der Waals surface area contributed by atoms with Gasteiger partial charge in [-0.2, -0.15) is 0 Å². The van der Waals surface area contributed by atoms with E-state index in [0.29, 0.717) is 0 Å². The third-order valence-electron chi connectivity index (χ3n) is 2.34. The van der Waals surface area contributed by atoms with Crippen molar-refractivity contribution in [2.45, 2.75) is 52.7 Å². The average molecular weight is 280 g/mol. The Balaban J connectivity index is 4.59. The highest BCUT2D eigenvalue weighted by molar-refractivity contribution is 6.17. The number of carbonyl (C=O) groups is 2. The summed E-state index contributed by atoms with van der Waals surface area (Å²) in [5.74, 6) is -0.613. The molecule has 0 radical (unpaired) electrons. The molecule has 0 aromatic carbocycles. The molecule has 1 unspecified atom stereocenters. The maximum absolute atomic E-state index is 11.7. The van der Waals surface area contributed by atoms with Crippen LogP contribution >= 0.6 is 11.6 Å². The van der Waals surface area contributed by atoms with E-state index in [9.17, 15) is 9.59 Å². The van der Waals surface area contributed by atoms with Gasteiger partial charge in [0.15, 0.2) is 6.07 Å². The molecule has 0 heterocycles. The Morgan fingerprint density at radius 2 is 1.89 bits per heavy atom. The van der Waals surface area contributed by atoms with Gasteiger partial charge in [-0.3, -0.25) is 0 Å². The number of hydrogen-bond donors (Lipinski definition) is 1. The Morgan fingerprint density at radius 3 is 2.28 bits per heavy atom. The highest BCUT2D eigenvalue weighted by Crippen LogP contribution is 2.12. The fraction of sp³-hybridized carbons (Fsp3) is 0.833. The van der Waals surface area contributed by atoms with Crippen molar-refractivity contribution in [2.24, 2.45) is 5.92 Å². The van der Waals surface area contributed by atoms with Gasteiger partial charge in [0.05, 0.1) is 0 Å². The van der Waals surface area contributed by atoms with Crippen LogP contribution in [0.1, 0.15) is 41.0 Å². The smallest absolute Gasteiger partial charge is 0.408 e. The van der Waals surface area contributed by atoms with Gasteiger partial charge in [-0.25, -0.2) is 9.59 Å². The quantitative estimate of drug-likeness (QED) is 0.621. The van der Waals surface area contributed by atoms with Gasteiger partial charge in [-0.15, -0.1) is 0 Å². The molecule has 18 heavy (non-hydrogen) atoms. The Bertz CT molecular complexity index is 288. The van der Waals surface area contributed by atoms with Crippen LogP contribution in [0.3, 0.4) is 0 Å². The second-order valence-electron chi connectivity index (χ2n) is 5.08. The first kappa shape index (κ1) is 17.0. The van der Waals surface area contributed by atoms with Gasteiger partial charge in [-0.1, -0.05) is 31.9 Å². The molecule has 0 saturated heterocycles. The number of amides is 1. The van der Waals surface area contributed by atoms with E-state index in [-0.39, 0.29) is 12.0 Å². The highest BCUT2D eigenvalue weighted by Gasteiger charge is 2.29. The van der Waals surface area contributed by atoms with Crippen LogP contribution in [-0.4, -0.2) is 29.8 Å². The summed E-state index contributed by atoms with van der Waals surface area (Å²) in [6.45, 7) is 9.02. The molecule has 5 nitrogen and oxygen atoms in total. The van der Waals surface area contributed by atoms with E-state index in [0.717, 1.165) is 6.42 Å². The van der Waals surface area contributed by atoms with Crippen molar-refractivity contribution in [3.8, 4) is 0 Å². The van der Waals surface area contributed by atoms with E-state index < -0.39 is 23.7 Å². The molecular weight excluding hydrogens is 258 g/mol. The third kappa shape index (κ3) is 6.69. The lowest BCUT2D eigenvalue weighted by Crippen LogP contribution is -2.47. The van der Waals surface area contributed by atoms with Gasteiger partial charge in [0, 0.05) is 0 Å². The van der Waals surface area contributed by atoms with Crippen molar-refractivity contribution >= 4 is 23.7 Å². The maximum Gasteiger partial charge on any atom is 0.408 e. The molecule has 106 valence electrons. The van der Waals surface area contributed by atoms with Gasteiger partial charge < -0.3 is 14.8 Å². The summed E-state index contributed by atoms with van der Waals surface area (Å²) < 4.78 is 9.81. The van der Waals surface area contributed by atoms with E-state index in [4.69, 9.17) is 21.1 Å². The molecule has 1 N–H and O–H groups in total. The van der Waals surface area contributed by atoms with Crippen LogP contribution < -0.4 is 5.32 Å². The van der Waals surface area contributed by atoms with Crippen LogP contribution in [0.2, 0.25) is 0 Å². The first-order chi connectivity index (χ1) is 8.21. The summed E-state index contributed by atoms with van der Waals surface area (Å²) in [5, 5.41) is 2.51. The molecule has 0 aliphatic rings. The Kier molecular flexibility index (Phi) is 7.06. The van der Waals surface area contributed by atoms with E-state index >= 15 is 0 Å². The minimum atomic E-state index is -0.747. The number of hydrogen-bond acceptors (Lipinski definition) is 4. The molecule has 1 amide bonds. The van der Waals surface area contributed by atoms with Crippen LogP contribution in [0.25, 0.3) is 0 Å². The third-order valence-corrected chi connectivity index (χ3v) is 2.45. The molecule has 0 bridgehead atoms. The molecule has 0 saturated carbocycles. The lowest BCUT2D eigenvalue weighted by Gasteiger charge is -2.25. The zero-order valence-corrected chi connectivity index (χ0v) is 12.3. The summed E-state index contributed by atoms with van der Waals surface area (Å²) >= 11 is 5.34. The lowest BCUT2D eigenvalue weighted by atomic mass is 9.99. The van der Waals surface area contributed by atoms with E-state index in [1.165, 1.54) is 0 Å². The molecule has 0 fully saturated rings. The number of alkyl halides is 1. The van der Waals surface area contributed by atoms with Crippen molar-refractivity contribution < 1.29 is 19.1 Å². The predicted molar refractivity (Wildman–Crippen MR) is 69.4 cm³/mol. The predicted octanol–water partition coefficient (Wildman–Crippen LogP) is 2.67. The van der Waals surface area contributed by atoms with E-state index in [2.05, 4.69) is 5.32 Å². The minimum absolute atomic E-state index is 0.0618. The van der Waals surface area contributed by atoms with E-state index in [1.54, 1.807) is 20.8 Å². The molecule has 0 aromatic rings. The van der Waals surface area contributed by atoms with Crippen molar-refractivity contribution in [1.29, 1.82) is 0 Å². The normalized spacial score (nSPS) is 14.6. The molecule has 0 aliphatic carbocycles. The Hall–Kier alpha value is -0.970. The van der Waals surface area contributed by atoms with Crippen molar-refractivity contribution in [2.75, 3.05) is 6.07 Å². The van der Waals surface area contributed by atoms with Gasteiger partial charge >= 0.3 is 12.1 Å². The molecule has 0 aromatic heterocycles. The summed E-state index contributed by atoms with van der Waals surface area (Å²) in [6.07, 6.45) is 0.0806. The zero-order chi connectivity index (χ0) is 14.3. The van der Waals surface area contributed by atoms with Crippen LogP contribution in [0, 0.1) is 5.92 Å². The van der Waals surface area contributed by atoms with Crippen LogP contribution in [0.15, 0.2) is 0 Å². The number of ether oxygens (including phenoxy) is 2. The molecule has 0 spiro atoms. The number of nitrogens with one attached hydrogen (secondary N) is 1. The topological polar surface area (TPSA) is 64.6 Å². The van der Waals surface area contributed by atoms with Crippen molar-refractivity contribution in [3.05, 3.63) is 0 Å². The number of halogens is 1. The summed E-state index contributed by atoms with van der Waals surface area (Å²) in [4.78, 5) is 23.3. The summed E-state index contributed by atoms with van der Waals surface area (Å²) in [7, 11) is 0.